The molecule has 202 valence electrons. The summed E-state index contributed by atoms with van der Waals surface area (Å²) in [6.45, 7) is 12.4. The number of hydrogen-bond donors (Lipinski definition) is 2. The van der Waals surface area contributed by atoms with Crippen molar-refractivity contribution in [1.82, 2.24) is 0 Å². The van der Waals surface area contributed by atoms with E-state index >= 15 is 0 Å². The normalized spacial score (nSPS) is 64.5. The Balaban J connectivity index is 1.39. The Morgan fingerprint density at radius 1 is 0.892 bits per heavy atom. The molecule has 2 N–H and O–H groups in total. The minimum Gasteiger partial charge on any atom is -0.461 e. The fourth-order valence-corrected chi connectivity index (χ4v) is 12.3. The number of aliphatic hydroxyl groups is 2. The maximum Gasteiger partial charge on any atom is 0.309 e. The zero-order valence-corrected chi connectivity index (χ0v) is 22.7. The van der Waals surface area contributed by atoms with E-state index in [-0.39, 0.29) is 77.4 Å². The number of ether oxygens (including phenoxy) is 3. The van der Waals surface area contributed by atoms with E-state index in [9.17, 15) is 19.8 Å². The first-order chi connectivity index (χ1) is 17.3. The molecule has 3 heterocycles. The average Bonchev–Trinajstić information content (AvgIpc) is 3.53. The first kappa shape index (κ1) is 23.4. The zero-order valence-electron chi connectivity index (χ0n) is 22.7. The second kappa shape index (κ2) is 6.47. The van der Waals surface area contributed by atoms with E-state index in [1.807, 2.05) is 20.8 Å². The van der Waals surface area contributed by atoms with Gasteiger partial charge in [0.1, 0.15) is 17.8 Å². The summed E-state index contributed by atoms with van der Waals surface area (Å²) < 4.78 is 19.4. The smallest absolute Gasteiger partial charge is 0.309 e. The minimum absolute atomic E-state index is 0.00116. The monoisotopic (exact) mass is 512 g/mol. The van der Waals surface area contributed by atoms with Crippen molar-refractivity contribution in [1.29, 1.82) is 0 Å². The second-order valence-electron chi connectivity index (χ2n) is 14.7. The van der Waals surface area contributed by atoms with Crippen LogP contribution in [0.4, 0.5) is 0 Å². The van der Waals surface area contributed by atoms with Gasteiger partial charge in [-0.05, 0) is 76.7 Å². The second-order valence-corrected chi connectivity index (χ2v) is 14.7. The Hall–Kier alpha value is -1.44. The summed E-state index contributed by atoms with van der Waals surface area (Å²) >= 11 is 0. The Bertz CT molecular complexity index is 1170. The summed E-state index contributed by atoms with van der Waals surface area (Å²) in [4.78, 5) is 25.8. The molecule has 4 saturated carbocycles. The third-order valence-electron chi connectivity index (χ3n) is 13.5. The van der Waals surface area contributed by atoms with E-state index in [2.05, 4.69) is 20.8 Å². The SMILES string of the molecule is CC1=C2[C@H]3OC(=O)[C@@H](C)[C@@H]3CC[C@](C)(O)[C@@H]2[C@H]2[C@@H]3[C@@H](O)[C@@]4(C)OC5(C)CC[C@H]6[C@H](C)C(=O)O[C@@H]6C4([C@@H]12)[C@@H]35. The van der Waals surface area contributed by atoms with Gasteiger partial charge in [-0.25, -0.2) is 0 Å². The highest BCUT2D eigenvalue weighted by Gasteiger charge is 2.91. The van der Waals surface area contributed by atoms with Crippen molar-refractivity contribution in [3.63, 3.8) is 0 Å². The topological polar surface area (TPSA) is 102 Å². The van der Waals surface area contributed by atoms with Gasteiger partial charge < -0.3 is 24.4 Å². The summed E-state index contributed by atoms with van der Waals surface area (Å²) in [6.07, 6.45) is 1.71. The summed E-state index contributed by atoms with van der Waals surface area (Å²) in [5.74, 6) is -0.748. The molecule has 0 aromatic rings. The molecule has 0 aromatic heterocycles. The minimum atomic E-state index is -0.974. The molecule has 0 aromatic carbocycles. The van der Waals surface area contributed by atoms with Crippen molar-refractivity contribution >= 4 is 11.9 Å². The lowest BCUT2D eigenvalue weighted by atomic mass is 9.54. The quantitative estimate of drug-likeness (QED) is 0.380. The van der Waals surface area contributed by atoms with Crippen LogP contribution in [0.15, 0.2) is 11.1 Å². The van der Waals surface area contributed by atoms with Gasteiger partial charge in [0.2, 0.25) is 0 Å². The number of rotatable bonds is 0. The molecule has 2 unspecified atom stereocenters. The van der Waals surface area contributed by atoms with Crippen LogP contribution < -0.4 is 0 Å². The molecular weight excluding hydrogens is 472 g/mol. The van der Waals surface area contributed by atoms with Gasteiger partial charge in [0.25, 0.3) is 0 Å². The molecule has 7 fully saturated rings. The zero-order chi connectivity index (χ0) is 26.2. The van der Waals surface area contributed by atoms with Crippen LogP contribution >= 0.6 is 0 Å². The van der Waals surface area contributed by atoms with E-state index in [1.165, 1.54) is 5.57 Å². The Morgan fingerprint density at radius 3 is 2.27 bits per heavy atom. The molecule has 7 heteroatoms. The van der Waals surface area contributed by atoms with Crippen molar-refractivity contribution in [2.24, 2.45) is 58.7 Å². The van der Waals surface area contributed by atoms with Crippen LogP contribution in [-0.4, -0.2) is 57.3 Å². The third kappa shape index (κ3) is 2.18. The maximum atomic E-state index is 13.1. The largest absolute Gasteiger partial charge is 0.461 e. The number of fused-ring (bicyclic) bond motifs is 7. The summed E-state index contributed by atoms with van der Waals surface area (Å²) in [5.41, 5.74) is -0.528. The van der Waals surface area contributed by atoms with Crippen molar-refractivity contribution in [3.8, 4) is 0 Å². The van der Waals surface area contributed by atoms with Crippen LogP contribution in [0.5, 0.6) is 0 Å². The fraction of sp³-hybridized carbons (Fsp3) is 0.867. The van der Waals surface area contributed by atoms with Crippen molar-refractivity contribution in [2.75, 3.05) is 0 Å². The molecule has 37 heavy (non-hydrogen) atoms. The highest BCUT2D eigenvalue weighted by Crippen LogP contribution is 2.85. The molecule has 0 radical (unpaired) electrons. The number of allylic oxidation sites excluding steroid dienone is 1. The maximum absolute atomic E-state index is 13.1. The van der Waals surface area contributed by atoms with Crippen LogP contribution in [-0.2, 0) is 23.8 Å². The highest BCUT2D eigenvalue weighted by atomic mass is 16.6. The van der Waals surface area contributed by atoms with E-state index in [4.69, 9.17) is 14.2 Å². The third-order valence-corrected chi connectivity index (χ3v) is 13.5. The lowest BCUT2D eigenvalue weighted by Gasteiger charge is -2.55. The molecule has 8 rings (SSSR count). The summed E-state index contributed by atoms with van der Waals surface area (Å²) in [7, 11) is 0. The van der Waals surface area contributed by atoms with Gasteiger partial charge in [-0.2, -0.15) is 0 Å². The van der Waals surface area contributed by atoms with Crippen LogP contribution in [0, 0.1) is 58.7 Å². The standard InChI is InChI=1S/C30H40O7/c1-11-14-7-9-27(4,34)20-16(21(14)35-25(11)32)13(3)19-17(20)18-22-28(5)10-8-15-12(2)26(33)36-24(15)30(19,22)29(6,37-28)23(18)31/h11-12,14-15,17-24,31,34H,7-10H2,1-6H3/t11-,12-,14-,15-,17-,18-,19-,20-,21-,22-,23+,24-,27-,28?,29+,30?/m0/s1. The van der Waals surface area contributed by atoms with Crippen LogP contribution in [0.2, 0.25) is 0 Å². The first-order valence-corrected chi connectivity index (χ1v) is 14.5. The molecule has 3 aliphatic heterocycles. The van der Waals surface area contributed by atoms with Crippen molar-refractivity contribution < 1.29 is 34.0 Å². The predicted octanol–water partition coefficient (Wildman–Crippen LogP) is 3.01. The number of carbonyl (C=O) groups excluding carboxylic acids is 2. The van der Waals surface area contributed by atoms with E-state index in [0.717, 1.165) is 24.8 Å². The number of esters is 2. The molecule has 7 nitrogen and oxygen atoms in total. The van der Waals surface area contributed by atoms with Gasteiger partial charge in [0.05, 0.1) is 34.6 Å². The number of hydrogen-bond acceptors (Lipinski definition) is 7. The van der Waals surface area contributed by atoms with E-state index in [0.29, 0.717) is 6.42 Å². The Labute approximate surface area is 218 Å². The molecular formula is C30H40O7. The van der Waals surface area contributed by atoms with Crippen molar-refractivity contribution in [3.05, 3.63) is 11.1 Å². The summed E-state index contributed by atoms with van der Waals surface area (Å²) in [5, 5.41) is 24.2. The predicted molar refractivity (Wildman–Crippen MR) is 131 cm³/mol. The molecule has 8 aliphatic rings. The van der Waals surface area contributed by atoms with Crippen LogP contribution in [0.1, 0.15) is 67.2 Å². The highest BCUT2D eigenvalue weighted by molar-refractivity contribution is 5.76. The molecule has 0 spiro atoms. The van der Waals surface area contributed by atoms with Gasteiger partial charge in [0, 0.05) is 23.7 Å². The average molecular weight is 513 g/mol. The molecule has 3 saturated heterocycles. The van der Waals surface area contributed by atoms with E-state index < -0.39 is 28.3 Å². The molecule has 0 amide bonds. The van der Waals surface area contributed by atoms with Gasteiger partial charge in [-0.1, -0.05) is 19.4 Å². The van der Waals surface area contributed by atoms with Gasteiger partial charge in [-0.3, -0.25) is 9.59 Å². The Kier molecular flexibility index (Phi) is 4.10. The number of carbonyl (C=O) groups is 2. The van der Waals surface area contributed by atoms with Crippen LogP contribution in [0.3, 0.4) is 0 Å². The lowest BCUT2D eigenvalue weighted by Crippen LogP contribution is -2.64. The van der Waals surface area contributed by atoms with Gasteiger partial charge in [-0.15, -0.1) is 0 Å². The molecule has 16 atom stereocenters. The van der Waals surface area contributed by atoms with Crippen molar-refractivity contribution in [2.45, 2.75) is 102 Å². The fourth-order valence-electron chi connectivity index (χ4n) is 12.3. The van der Waals surface area contributed by atoms with E-state index in [1.54, 1.807) is 0 Å². The van der Waals surface area contributed by atoms with Crippen LogP contribution in [0.25, 0.3) is 0 Å². The lowest BCUT2D eigenvalue weighted by molar-refractivity contribution is -0.254. The molecule has 5 bridgehead atoms. The van der Waals surface area contributed by atoms with Gasteiger partial charge >= 0.3 is 11.9 Å². The Morgan fingerprint density at radius 2 is 1.54 bits per heavy atom. The first-order valence-electron chi connectivity index (χ1n) is 14.5. The number of aliphatic hydroxyl groups excluding tert-OH is 1. The summed E-state index contributed by atoms with van der Waals surface area (Å²) in [6, 6.07) is 0. The molecule has 5 aliphatic carbocycles. The van der Waals surface area contributed by atoms with Gasteiger partial charge in [0.15, 0.2) is 0 Å².